The summed E-state index contributed by atoms with van der Waals surface area (Å²) in [5, 5.41) is 28.0. The molecule has 0 radical (unpaired) electrons. The number of hydrogen-bond donors (Lipinski definition) is 1. The minimum absolute atomic E-state index is 0.0772. The number of aliphatic hydroxyl groups excluding tert-OH is 1. The van der Waals surface area contributed by atoms with Gasteiger partial charge < -0.3 is 14.6 Å². The van der Waals surface area contributed by atoms with Crippen LogP contribution in [-0.4, -0.2) is 59.3 Å². The minimum Gasteiger partial charge on any atom is -0.489 e. The molecule has 11 heteroatoms. The van der Waals surface area contributed by atoms with Crippen molar-refractivity contribution in [1.29, 1.82) is 0 Å². The Labute approximate surface area is 220 Å². The molecule has 1 aliphatic carbocycles. The normalized spacial score (nSPS) is 18.2. The Bertz CT molecular complexity index is 1400. The first-order valence-corrected chi connectivity index (χ1v) is 12.7. The van der Waals surface area contributed by atoms with E-state index in [1.165, 1.54) is 11.8 Å². The van der Waals surface area contributed by atoms with Gasteiger partial charge >= 0.3 is 5.97 Å². The number of aliphatic hydroxyl groups is 1. The second kappa shape index (κ2) is 11.1. The summed E-state index contributed by atoms with van der Waals surface area (Å²) in [6.07, 6.45) is 3.78. The Balaban J connectivity index is 1.33. The summed E-state index contributed by atoms with van der Waals surface area (Å²) < 4.78 is 14.3. The molecule has 198 valence electrons. The molecule has 0 saturated heterocycles. The topological polar surface area (TPSA) is 130 Å². The van der Waals surface area contributed by atoms with Crippen molar-refractivity contribution in [3.05, 3.63) is 71.3 Å². The number of aryl methyl sites for hydroxylation is 2. The first kappa shape index (κ1) is 25.5. The lowest BCUT2D eigenvalue weighted by atomic mass is 9.87. The smallest absolute Gasteiger partial charge is 0.308 e. The Morgan fingerprint density at radius 2 is 1.95 bits per heavy atom. The van der Waals surface area contributed by atoms with Gasteiger partial charge in [0.25, 0.3) is 0 Å². The van der Waals surface area contributed by atoms with Gasteiger partial charge in [0, 0.05) is 7.05 Å². The quantitative estimate of drug-likeness (QED) is 0.351. The Hall–Kier alpha value is -4.12. The average molecular weight is 518 g/mol. The van der Waals surface area contributed by atoms with Crippen molar-refractivity contribution in [2.45, 2.75) is 51.4 Å². The van der Waals surface area contributed by atoms with E-state index in [0.717, 1.165) is 24.8 Å². The van der Waals surface area contributed by atoms with Crippen LogP contribution in [0.3, 0.4) is 0 Å². The van der Waals surface area contributed by atoms with E-state index < -0.39 is 6.10 Å². The Morgan fingerprint density at radius 1 is 1.13 bits per heavy atom. The average Bonchev–Trinajstić information content (AvgIpc) is 3.56. The Morgan fingerprint density at radius 3 is 2.71 bits per heavy atom. The molecular formula is C27H31N7O4. The molecule has 0 aliphatic heterocycles. The predicted molar refractivity (Wildman–Crippen MR) is 137 cm³/mol. The van der Waals surface area contributed by atoms with Crippen molar-refractivity contribution in [2.24, 2.45) is 13.0 Å². The molecule has 5 rings (SSSR count). The lowest BCUT2D eigenvalue weighted by Gasteiger charge is -2.28. The molecule has 1 aromatic carbocycles. The second-order valence-corrected chi connectivity index (χ2v) is 9.58. The maximum atomic E-state index is 12.0. The molecule has 1 aliphatic rings. The SMILES string of the molecule is COC(=O)[C@H]1CCC[C@H](Oc2ccc(-c3nnn(C)c3C(O)c3cn(Cc4ccccc4)nn3)nc2C)C1. The van der Waals surface area contributed by atoms with Gasteiger partial charge in [-0.15, -0.1) is 10.2 Å². The van der Waals surface area contributed by atoms with E-state index in [0.29, 0.717) is 47.2 Å². The summed E-state index contributed by atoms with van der Waals surface area (Å²) >= 11 is 0. The third-order valence-electron chi connectivity index (χ3n) is 6.89. The first-order valence-electron chi connectivity index (χ1n) is 12.7. The Kier molecular flexibility index (Phi) is 7.45. The predicted octanol–water partition coefficient (Wildman–Crippen LogP) is 3.02. The van der Waals surface area contributed by atoms with Crippen molar-refractivity contribution in [2.75, 3.05) is 7.11 Å². The summed E-state index contributed by atoms with van der Waals surface area (Å²) in [6, 6.07) is 13.6. The van der Waals surface area contributed by atoms with Crippen LogP contribution in [0.1, 0.15) is 54.4 Å². The van der Waals surface area contributed by atoms with Crippen LogP contribution < -0.4 is 4.74 Å². The maximum Gasteiger partial charge on any atom is 0.308 e. The minimum atomic E-state index is -1.09. The van der Waals surface area contributed by atoms with E-state index in [1.807, 2.05) is 43.3 Å². The molecular weight excluding hydrogens is 486 g/mol. The molecule has 0 amide bonds. The van der Waals surface area contributed by atoms with E-state index in [4.69, 9.17) is 14.5 Å². The van der Waals surface area contributed by atoms with Crippen molar-refractivity contribution >= 4 is 5.97 Å². The van der Waals surface area contributed by atoms with Crippen LogP contribution in [0.25, 0.3) is 11.4 Å². The number of methoxy groups -OCH3 is 1. The van der Waals surface area contributed by atoms with E-state index in [1.54, 1.807) is 24.0 Å². The number of benzene rings is 1. The fraction of sp³-hybridized carbons (Fsp3) is 0.407. The summed E-state index contributed by atoms with van der Waals surface area (Å²) in [7, 11) is 3.14. The van der Waals surface area contributed by atoms with Crippen molar-refractivity contribution in [1.82, 2.24) is 35.0 Å². The van der Waals surface area contributed by atoms with Gasteiger partial charge in [-0.3, -0.25) is 4.79 Å². The monoisotopic (exact) mass is 517 g/mol. The van der Waals surface area contributed by atoms with Gasteiger partial charge in [0.05, 0.1) is 43.3 Å². The molecule has 3 heterocycles. The molecule has 3 aromatic heterocycles. The molecule has 0 spiro atoms. The number of nitrogens with zero attached hydrogens (tertiary/aromatic N) is 7. The highest BCUT2D eigenvalue weighted by molar-refractivity contribution is 5.72. The molecule has 0 bridgehead atoms. The molecule has 1 fully saturated rings. The van der Waals surface area contributed by atoms with E-state index >= 15 is 0 Å². The summed E-state index contributed by atoms with van der Waals surface area (Å²) in [5.74, 6) is 0.331. The number of carbonyl (C=O) groups excluding carboxylic acids is 1. The zero-order valence-electron chi connectivity index (χ0n) is 21.7. The van der Waals surface area contributed by atoms with Gasteiger partial charge in [-0.1, -0.05) is 40.8 Å². The number of rotatable bonds is 8. The third-order valence-corrected chi connectivity index (χ3v) is 6.89. The van der Waals surface area contributed by atoms with Crippen LogP contribution in [0.5, 0.6) is 5.75 Å². The maximum absolute atomic E-state index is 12.0. The van der Waals surface area contributed by atoms with E-state index in [2.05, 4.69) is 20.6 Å². The van der Waals surface area contributed by atoms with Gasteiger partial charge in [-0.25, -0.2) is 14.3 Å². The third kappa shape index (κ3) is 5.42. The summed E-state index contributed by atoms with van der Waals surface area (Å²) in [6.45, 7) is 2.40. The highest BCUT2D eigenvalue weighted by Gasteiger charge is 2.30. The first-order chi connectivity index (χ1) is 18.4. The van der Waals surface area contributed by atoms with Crippen LogP contribution >= 0.6 is 0 Å². The molecule has 11 nitrogen and oxygen atoms in total. The number of hydrogen-bond acceptors (Lipinski definition) is 9. The molecule has 38 heavy (non-hydrogen) atoms. The lowest BCUT2D eigenvalue weighted by molar-refractivity contribution is -0.147. The number of carbonyl (C=O) groups is 1. The highest BCUT2D eigenvalue weighted by atomic mass is 16.5. The lowest BCUT2D eigenvalue weighted by Crippen LogP contribution is -2.30. The van der Waals surface area contributed by atoms with Crippen LogP contribution in [0.2, 0.25) is 0 Å². The highest BCUT2D eigenvalue weighted by Crippen LogP contribution is 2.32. The number of ether oxygens (including phenoxy) is 2. The molecule has 4 aromatic rings. The van der Waals surface area contributed by atoms with Crippen molar-refractivity contribution < 1.29 is 19.4 Å². The van der Waals surface area contributed by atoms with Crippen molar-refractivity contribution in [3.8, 4) is 17.1 Å². The van der Waals surface area contributed by atoms with Gasteiger partial charge in [-0.05, 0) is 50.3 Å². The molecule has 1 unspecified atom stereocenters. The fourth-order valence-electron chi connectivity index (χ4n) is 4.90. The summed E-state index contributed by atoms with van der Waals surface area (Å²) in [5.41, 5.74) is 3.63. The van der Waals surface area contributed by atoms with Gasteiger partial charge in [0.1, 0.15) is 28.9 Å². The van der Waals surface area contributed by atoms with Crippen LogP contribution in [0.15, 0.2) is 48.7 Å². The summed E-state index contributed by atoms with van der Waals surface area (Å²) in [4.78, 5) is 16.7. The van der Waals surface area contributed by atoms with Gasteiger partial charge in [0.2, 0.25) is 0 Å². The van der Waals surface area contributed by atoms with E-state index in [9.17, 15) is 9.90 Å². The number of aromatic nitrogens is 7. The van der Waals surface area contributed by atoms with Crippen LogP contribution in [-0.2, 0) is 23.1 Å². The van der Waals surface area contributed by atoms with Gasteiger partial charge in [-0.2, -0.15) is 0 Å². The van der Waals surface area contributed by atoms with Gasteiger partial charge in [0.15, 0.2) is 0 Å². The number of esters is 1. The number of pyridine rings is 1. The van der Waals surface area contributed by atoms with Crippen molar-refractivity contribution in [3.63, 3.8) is 0 Å². The standard InChI is InChI=1S/C27H31N7O4/c1-17-23(38-20-11-7-10-19(14-20)27(36)37-3)13-12-21(28-17)24-25(33(2)31-30-24)26(35)22-16-34(32-29-22)15-18-8-5-4-6-9-18/h4-6,8-9,12-13,16,19-20,26,35H,7,10-11,14-15H2,1-3H3/t19-,20-,26?/m0/s1. The molecule has 3 atom stereocenters. The zero-order valence-corrected chi connectivity index (χ0v) is 21.7. The largest absolute Gasteiger partial charge is 0.489 e. The molecule has 1 N–H and O–H groups in total. The van der Waals surface area contributed by atoms with Crippen LogP contribution in [0, 0.1) is 12.8 Å². The van der Waals surface area contributed by atoms with E-state index in [-0.39, 0.29) is 18.0 Å². The second-order valence-electron chi connectivity index (χ2n) is 9.58. The zero-order chi connectivity index (χ0) is 26.6. The molecule has 1 saturated carbocycles. The fourth-order valence-corrected chi connectivity index (χ4v) is 4.90. The van der Waals surface area contributed by atoms with Crippen LogP contribution in [0.4, 0.5) is 0 Å².